The summed E-state index contributed by atoms with van der Waals surface area (Å²) < 4.78 is 0.0318. The van der Waals surface area contributed by atoms with Crippen molar-refractivity contribution in [3.63, 3.8) is 0 Å². The smallest absolute Gasteiger partial charge is 0.101 e. The van der Waals surface area contributed by atoms with E-state index in [1.54, 1.807) is 0 Å². The molecule has 0 saturated heterocycles. The molecule has 0 N–H and O–H groups in total. The van der Waals surface area contributed by atoms with Crippen molar-refractivity contribution in [1.82, 2.24) is 4.98 Å². The lowest BCUT2D eigenvalue weighted by atomic mass is 9.84. The predicted molar refractivity (Wildman–Crippen MR) is 213 cm³/mol. The molecule has 2 nitrogen and oxygen atoms in total. The van der Waals surface area contributed by atoms with Crippen molar-refractivity contribution in [2.45, 2.75) is 38.0 Å². The van der Waals surface area contributed by atoms with E-state index >= 15 is 0 Å². The Morgan fingerprint density at radius 3 is 1.51 bits per heavy atom. The van der Waals surface area contributed by atoms with Crippen LogP contribution in [0.25, 0.3) is 76.6 Å². The van der Waals surface area contributed by atoms with Gasteiger partial charge in [-0.25, -0.2) is 0 Å². The van der Waals surface area contributed by atoms with Crippen molar-refractivity contribution in [3.05, 3.63) is 151 Å². The van der Waals surface area contributed by atoms with Crippen molar-refractivity contribution in [2.75, 3.05) is 0 Å². The molecule has 1 aromatic heterocycles. The number of aliphatic imine (C=N–C) groups is 1. The molecule has 8 aromatic rings. The molecule has 0 unspecified atom stereocenters. The lowest BCUT2D eigenvalue weighted by molar-refractivity contribution is 0.426. The van der Waals surface area contributed by atoms with E-state index in [1.807, 2.05) is 18.0 Å². The summed E-state index contributed by atoms with van der Waals surface area (Å²) in [5.41, 5.74) is 7.95. The first-order chi connectivity index (χ1) is 23.8. The van der Waals surface area contributed by atoms with Crippen LogP contribution in [0.4, 0.5) is 0 Å². The van der Waals surface area contributed by atoms with Crippen molar-refractivity contribution in [1.29, 1.82) is 0 Å². The monoisotopic (exact) mass is 648 g/mol. The molecule has 0 radical (unpaired) electrons. The van der Waals surface area contributed by atoms with Gasteiger partial charge in [-0.05, 0) is 123 Å². The minimum absolute atomic E-state index is 0.0318. The highest BCUT2D eigenvalue weighted by molar-refractivity contribution is 8.15. The number of hydrogen-bond acceptors (Lipinski definition) is 3. The summed E-state index contributed by atoms with van der Waals surface area (Å²) in [6.45, 7) is 8.97. The maximum absolute atomic E-state index is 5.08. The van der Waals surface area contributed by atoms with Gasteiger partial charge in [0.1, 0.15) is 5.04 Å². The Labute approximate surface area is 291 Å². The zero-order valence-electron chi connectivity index (χ0n) is 28.2. The second-order valence-electron chi connectivity index (χ2n) is 14.2. The maximum atomic E-state index is 5.08. The van der Waals surface area contributed by atoms with Gasteiger partial charge in [0, 0.05) is 22.1 Å². The third kappa shape index (κ3) is 4.95. The molecule has 0 bridgehead atoms. The Kier molecular flexibility index (Phi) is 6.79. The topological polar surface area (TPSA) is 25.2 Å². The second-order valence-corrected chi connectivity index (χ2v) is 15.8. The number of rotatable bonds is 4. The highest BCUT2D eigenvalue weighted by Crippen LogP contribution is 2.47. The summed E-state index contributed by atoms with van der Waals surface area (Å²) in [4.78, 5) is 10.1. The van der Waals surface area contributed by atoms with Gasteiger partial charge in [-0.2, -0.15) is 0 Å². The molecular formula is C46H36N2S. The van der Waals surface area contributed by atoms with Gasteiger partial charge in [0.25, 0.3) is 0 Å². The van der Waals surface area contributed by atoms with Gasteiger partial charge in [0.15, 0.2) is 0 Å². The van der Waals surface area contributed by atoms with Crippen LogP contribution >= 0.6 is 11.8 Å². The first kappa shape index (κ1) is 29.9. The molecular weight excluding hydrogens is 613 g/mol. The zero-order chi connectivity index (χ0) is 33.3. The summed E-state index contributed by atoms with van der Waals surface area (Å²) in [6, 6.07) is 51.1. The fourth-order valence-corrected chi connectivity index (χ4v) is 8.53. The van der Waals surface area contributed by atoms with Crippen molar-refractivity contribution >= 4 is 59.9 Å². The summed E-state index contributed by atoms with van der Waals surface area (Å²) in [5, 5.41) is 11.0. The minimum atomic E-state index is -0.130. The number of aromatic nitrogens is 1. The minimum Gasteiger partial charge on any atom is -0.270 e. The normalized spacial score (nSPS) is 15.3. The standard InChI is InChI=1S/C46H36N2S/c1-45(2)46(3,4)49-44(48-45)36-22-24-41(47-28-36)33-21-23-39-40(27-33)43(35-20-18-30-12-6-8-14-32(30)26-35)38-16-10-9-15-37(38)42(39)34-19-17-29-11-5-7-13-31(29)25-34/h5-28H,1-4H3. The van der Waals surface area contributed by atoms with E-state index in [4.69, 9.17) is 9.98 Å². The molecule has 49 heavy (non-hydrogen) atoms. The van der Waals surface area contributed by atoms with Gasteiger partial charge < -0.3 is 0 Å². The summed E-state index contributed by atoms with van der Waals surface area (Å²) in [7, 11) is 0. The van der Waals surface area contributed by atoms with Gasteiger partial charge in [-0.15, -0.1) is 0 Å². The fraction of sp³-hybridized carbons (Fsp3) is 0.130. The van der Waals surface area contributed by atoms with E-state index in [9.17, 15) is 0 Å². The number of hydrogen-bond donors (Lipinski definition) is 0. The Morgan fingerprint density at radius 2 is 0.959 bits per heavy atom. The number of nitrogens with zero attached hydrogens (tertiary/aromatic N) is 2. The van der Waals surface area contributed by atoms with Crippen molar-refractivity contribution in [3.8, 4) is 33.5 Å². The molecule has 2 heterocycles. The molecule has 1 aliphatic rings. The number of benzene rings is 7. The molecule has 236 valence electrons. The Morgan fingerprint density at radius 1 is 0.449 bits per heavy atom. The first-order valence-electron chi connectivity index (χ1n) is 17.0. The van der Waals surface area contributed by atoms with Crippen LogP contribution in [-0.2, 0) is 0 Å². The maximum Gasteiger partial charge on any atom is 0.101 e. The second kappa shape index (κ2) is 11.1. The molecule has 0 spiro atoms. The highest BCUT2D eigenvalue weighted by Gasteiger charge is 2.44. The lowest BCUT2D eigenvalue weighted by Crippen LogP contribution is -2.36. The number of thioether (sulfide) groups is 1. The van der Waals surface area contributed by atoms with Gasteiger partial charge in [-0.1, -0.05) is 121 Å². The zero-order valence-corrected chi connectivity index (χ0v) is 29.0. The molecule has 9 rings (SSSR count). The number of fused-ring (bicyclic) bond motifs is 4. The van der Waals surface area contributed by atoms with Gasteiger partial charge in [0.05, 0.1) is 11.2 Å². The van der Waals surface area contributed by atoms with Crippen LogP contribution in [0.3, 0.4) is 0 Å². The van der Waals surface area contributed by atoms with Crippen molar-refractivity contribution < 1.29 is 0 Å². The van der Waals surface area contributed by atoms with E-state index < -0.39 is 0 Å². The summed E-state index contributed by atoms with van der Waals surface area (Å²) in [6.07, 6.45) is 1.99. The van der Waals surface area contributed by atoms with Crippen LogP contribution in [0, 0.1) is 0 Å². The third-order valence-electron chi connectivity index (χ3n) is 10.6. The van der Waals surface area contributed by atoms with Crippen LogP contribution in [0.2, 0.25) is 0 Å². The van der Waals surface area contributed by atoms with E-state index in [-0.39, 0.29) is 10.3 Å². The van der Waals surface area contributed by atoms with E-state index in [0.29, 0.717) is 0 Å². The highest BCUT2D eigenvalue weighted by atomic mass is 32.2. The SMILES string of the molecule is CC1(C)N=C(c2ccc(-c3ccc4c(-c5ccc6ccccc6c5)c5ccccc5c(-c5ccc6ccccc6c5)c4c3)nc2)SC1(C)C. The van der Waals surface area contributed by atoms with Crippen LogP contribution in [0.1, 0.15) is 33.3 Å². The average Bonchev–Trinajstić information content (AvgIpc) is 3.35. The molecule has 0 fully saturated rings. The quantitative estimate of drug-likeness (QED) is 0.177. The molecule has 0 saturated carbocycles. The molecule has 0 aliphatic carbocycles. The third-order valence-corrected chi connectivity index (χ3v) is 12.1. The average molecular weight is 649 g/mol. The van der Waals surface area contributed by atoms with Crippen LogP contribution in [0.5, 0.6) is 0 Å². The van der Waals surface area contributed by atoms with Crippen LogP contribution < -0.4 is 0 Å². The van der Waals surface area contributed by atoms with Crippen LogP contribution in [-0.4, -0.2) is 20.3 Å². The van der Waals surface area contributed by atoms with Crippen LogP contribution in [0.15, 0.2) is 151 Å². The largest absolute Gasteiger partial charge is 0.270 e. The first-order valence-corrected chi connectivity index (χ1v) is 17.8. The van der Waals surface area contributed by atoms with E-state index in [0.717, 1.165) is 21.9 Å². The van der Waals surface area contributed by atoms with E-state index in [1.165, 1.54) is 65.3 Å². The Bertz CT molecular complexity index is 2630. The van der Waals surface area contributed by atoms with Gasteiger partial charge in [-0.3, -0.25) is 9.98 Å². The van der Waals surface area contributed by atoms with Gasteiger partial charge >= 0.3 is 0 Å². The number of pyridine rings is 1. The van der Waals surface area contributed by atoms with Crippen molar-refractivity contribution in [2.24, 2.45) is 4.99 Å². The molecule has 0 atom stereocenters. The lowest BCUT2D eigenvalue weighted by Gasteiger charge is -2.30. The summed E-state index contributed by atoms with van der Waals surface area (Å²) in [5.74, 6) is 0. The predicted octanol–water partition coefficient (Wildman–Crippen LogP) is 12.7. The molecule has 7 aromatic carbocycles. The molecule has 1 aliphatic heterocycles. The Balaban J connectivity index is 1.28. The van der Waals surface area contributed by atoms with E-state index in [2.05, 4.69) is 167 Å². The van der Waals surface area contributed by atoms with Gasteiger partial charge in [0.2, 0.25) is 0 Å². The molecule has 3 heteroatoms. The Hall–Kier alpha value is -5.25. The molecule has 0 amide bonds. The fourth-order valence-electron chi connectivity index (χ4n) is 7.24. The summed E-state index contributed by atoms with van der Waals surface area (Å²) >= 11 is 1.84.